The molecule has 2 aromatic rings. The van der Waals surface area contributed by atoms with Gasteiger partial charge in [0.1, 0.15) is 11.4 Å². The molecule has 0 unspecified atom stereocenters. The fourth-order valence-corrected chi connectivity index (χ4v) is 2.61. The lowest BCUT2D eigenvalue weighted by molar-refractivity contribution is 0.545. The van der Waals surface area contributed by atoms with Crippen molar-refractivity contribution in [1.82, 2.24) is 14.8 Å². The van der Waals surface area contributed by atoms with Crippen molar-refractivity contribution in [2.75, 3.05) is 5.32 Å². The molecule has 2 rings (SSSR count). The monoisotopic (exact) mass is 292 g/mol. The number of anilines is 1. The minimum absolute atomic E-state index is 0.0574. The molecule has 0 spiro atoms. The molecular formula is C14H20N4OS. The number of hydrogen-bond acceptors (Lipinski definition) is 5. The third-order valence-electron chi connectivity index (χ3n) is 2.77. The lowest BCUT2D eigenvalue weighted by atomic mass is 10.3. The van der Waals surface area contributed by atoms with Crippen LogP contribution in [0.1, 0.15) is 33.6 Å². The Morgan fingerprint density at radius 2 is 2.15 bits per heavy atom. The van der Waals surface area contributed by atoms with Crippen LogP contribution in [0.2, 0.25) is 0 Å². The summed E-state index contributed by atoms with van der Waals surface area (Å²) in [6, 6.07) is 3.65. The standard InChI is InChI=1S/C14H20N4OS/c1-4-5-8-18-13(19)7-6-11(17-18)12-9-20-14(16-12)15-10(2)3/h6-7,9-10H,4-5,8H2,1-3H3,(H,15,16). The first kappa shape index (κ1) is 14.7. The lowest BCUT2D eigenvalue weighted by Crippen LogP contribution is -2.22. The van der Waals surface area contributed by atoms with Crippen LogP contribution in [0, 0.1) is 0 Å². The Morgan fingerprint density at radius 1 is 1.35 bits per heavy atom. The van der Waals surface area contributed by atoms with Gasteiger partial charge in [0.15, 0.2) is 5.13 Å². The number of rotatable bonds is 6. The molecule has 0 saturated carbocycles. The van der Waals surface area contributed by atoms with Crippen molar-refractivity contribution in [3.8, 4) is 11.4 Å². The summed E-state index contributed by atoms with van der Waals surface area (Å²) in [5.74, 6) is 0. The van der Waals surface area contributed by atoms with Crippen molar-refractivity contribution in [2.45, 2.75) is 46.2 Å². The van der Waals surface area contributed by atoms with Crippen LogP contribution in [0.4, 0.5) is 5.13 Å². The van der Waals surface area contributed by atoms with E-state index in [1.807, 2.05) is 5.38 Å². The van der Waals surface area contributed by atoms with Crippen molar-refractivity contribution < 1.29 is 0 Å². The van der Waals surface area contributed by atoms with Gasteiger partial charge in [0, 0.05) is 24.0 Å². The van der Waals surface area contributed by atoms with Crippen molar-refractivity contribution in [2.24, 2.45) is 0 Å². The number of aromatic nitrogens is 3. The third kappa shape index (κ3) is 3.66. The van der Waals surface area contributed by atoms with Crippen LogP contribution in [0.5, 0.6) is 0 Å². The summed E-state index contributed by atoms with van der Waals surface area (Å²) in [7, 11) is 0. The molecule has 0 aromatic carbocycles. The Labute approximate surface area is 122 Å². The maximum Gasteiger partial charge on any atom is 0.266 e. The van der Waals surface area contributed by atoms with Crippen molar-refractivity contribution >= 4 is 16.5 Å². The van der Waals surface area contributed by atoms with Gasteiger partial charge in [0.25, 0.3) is 5.56 Å². The third-order valence-corrected chi connectivity index (χ3v) is 3.54. The Morgan fingerprint density at radius 3 is 2.85 bits per heavy atom. The number of nitrogens with zero attached hydrogens (tertiary/aromatic N) is 3. The molecule has 6 heteroatoms. The molecule has 0 amide bonds. The molecule has 2 heterocycles. The van der Waals surface area contributed by atoms with Crippen LogP contribution in [0.15, 0.2) is 22.3 Å². The summed E-state index contributed by atoms with van der Waals surface area (Å²) in [6.45, 7) is 6.90. The molecule has 0 fully saturated rings. The molecule has 20 heavy (non-hydrogen) atoms. The van der Waals surface area contributed by atoms with Crippen LogP contribution < -0.4 is 10.9 Å². The highest BCUT2D eigenvalue weighted by Gasteiger charge is 2.08. The summed E-state index contributed by atoms with van der Waals surface area (Å²) in [5, 5.41) is 10.5. The summed E-state index contributed by atoms with van der Waals surface area (Å²) >= 11 is 1.55. The van der Waals surface area contributed by atoms with E-state index in [0.717, 1.165) is 29.4 Å². The Balaban J connectivity index is 2.23. The van der Waals surface area contributed by atoms with Gasteiger partial charge in [-0.1, -0.05) is 13.3 Å². The van der Waals surface area contributed by atoms with Gasteiger partial charge < -0.3 is 5.32 Å². The Bertz CT molecular complexity index is 618. The van der Waals surface area contributed by atoms with Gasteiger partial charge in [0.05, 0.1) is 0 Å². The lowest BCUT2D eigenvalue weighted by Gasteiger charge is -2.05. The van der Waals surface area contributed by atoms with E-state index in [2.05, 4.69) is 36.2 Å². The number of nitrogens with one attached hydrogen (secondary N) is 1. The van der Waals surface area contributed by atoms with E-state index in [1.165, 1.54) is 4.68 Å². The van der Waals surface area contributed by atoms with Crippen LogP contribution >= 0.6 is 11.3 Å². The SMILES string of the molecule is CCCCn1nc(-c2csc(NC(C)C)n2)ccc1=O. The second-order valence-electron chi connectivity index (χ2n) is 4.97. The van der Waals surface area contributed by atoms with Crippen LogP contribution in [-0.2, 0) is 6.54 Å². The predicted octanol–water partition coefficient (Wildman–Crippen LogP) is 2.99. The second-order valence-corrected chi connectivity index (χ2v) is 5.83. The summed E-state index contributed by atoms with van der Waals surface area (Å²) in [6.07, 6.45) is 1.99. The fourth-order valence-electron chi connectivity index (χ4n) is 1.76. The van der Waals surface area contributed by atoms with Crippen molar-refractivity contribution in [3.63, 3.8) is 0 Å². The van der Waals surface area contributed by atoms with E-state index in [9.17, 15) is 4.79 Å². The van der Waals surface area contributed by atoms with Crippen LogP contribution in [-0.4, -0.2) is 20.8 Å². The van der Waals surface area contributed by atoms with Crippen molar-refractivity contribution in [1.29, 1.82) is 0 Å². The maximum absolute atomic E-state index is 11.7. The smallest absolute Gasteiger partial charge is 0.266 e. The normalized spacial score (nSPS) is 11.0. The molecule has 0 bridgehead atoms. The average Bonchev–Trinajstić information content (AvgIpc) is 2.85. The quantitative estimate of drug-likeness (QED) is 0.889. The minimum atomic E-state index is -0.0574. The zero-order chi connectivity index (χ0) is 14.5. The number of unbranched alkanes of at least 4 members (excludes halogenated alkanes) is 1. The van der Waals surface area contributed by atoms with E-state index >= 15 is 0 Å². The molecule has 0 atom stereocenters. The first-order valence-corrected chi connectivity index (χ1v) is 7.78. The topological polar surface area (TPSA) is 59.8 Å². The van der Waals surface area contributed by atoms with E-state index in [-0.39, 0.29) is 5.56 Å². The molecule has 0 radical (unpaired) electrons. The van der Waals surface area contributed by atoms with Gasteiger partial charge in [-0.2, -0.15) is 5.10 Å². The van der Waals surface area contributed by atoms with Crippen LogP contribution in [0.25, 0.3) is 11.4 Å². The molecule has 0 aliphatic heterocycles. The maximum atomic E-state index is 11.7. The molecule has 0 aliphatic rings. The zero-order valence-corrected chi connectivity index (χ0v) is 12.9. The van der Waals surface area contributed by atoms with Crippen LogP contribution in [0.3, 0.4) is 0 Å². The predicted molar refractivity (Wildman–Crippen MR) is 83.3 cm³/mol. The highest BCUT2D eigenvalue weighted by atomic mass is 32.1. The molecule has 1 N–H and O–H groups in total. The zero-order valence-electron chi connectivity index (χ0n) is 12.1. The summed E-state index contributed by atoms with van der Waals surface area (Å²) < 4.78 is 1.52. The molecule has 108 valence electrons. The highest BCUT2D eigenvalue weighted by molar-refractivity contribution is 7.14. The van der Waals surface area contributed by atoms with Gasteiger partial charge in [-0.25, -0.2) is 9.67 Å². The summed E-state index contributed by atoms with van der Waals surface area (Å²) in [5.41, 5.74) is 1.50. The van der Waals surface area contributed by atoms with E-state index in [1.54, 1.807) is 23.5 Å². The number of hydrogen-bond donors (Lipinski definition) is 1. The largest absolute Gasteiger partial charge is 0.359 e. The first-order chi connectivity index (χ1) is 9.60. The second kappa shape index (κ2) is 6.65. The van der Waals surface area contributed by atoms with Gasteiger partial charge in [-0.3, -0.25) is 4.79 Å². The molecule has 0 aliphatic carbocycles. The average molecular weight is 292 g/mol. The van der Waals surface area contributed by atoms with Crippen molar-refractivity contribution in [3.05, 3.63) is 27.9 Å². The molecule has 2 aromatic heterocycles. The van der Waals surface area contributed by atoms with Gasteiger partial charge in [-0.15, -0.1) is 11.3 Å². The first-order valence-electron chi connectivity index (χ1n) is 6.90. The minimum Gasteiger partial charge on any atom is -0.359 e. The van der Waals surface area contributed by atoms with Gasteiger partial charge in [0.2, 0.25) is 0 Å². The molecule has 5 nitrogen and oxygen atoms in total. The number of thiazole rings is 1. The summed E-state index contributed by atoms with van der Waals surface area (Å²) in [4.78, 5) is 16.2. The number of aryl methyl sites for hydroxylation is 1. The highest BCUT2D eigenvalue weighted by Crippen LogP contribution is 2.23. The van der Waals surface area contributed by atoms with E-state index < -0.39 is 0 Å². The molecular weight excluding hydrogens is 272 g/mol. The Hall–Kier alpha value is -1.69. The van der Waals surface area contributed by atoms with Gasteiger partial charge in [-0.05, 0) is 26.3 Å². The van der Waals surface area contributed by atoms with E-state index in [4.69, 9.17) is 0 Å². The van der Waals surface area contributed by atoms with E-state index in [0.29, 0.717) is 12.6 Å². The Kier molecular flexibility index (Phi) is 4.89. The van der Waals surface area contributed by atoms with Gasteiger partial charge >= 0.3 is 0 Å². The molecule has 0 saturated heterocycles. The fraction of sp³-hybridized carbons (Fsp3) is 0.500.